The minimum absolute atomic E-state index is 0.108. The summed E-state index contributed by atoms with van der Waals surface area (Å²) in [5.74, 6) is 2.57. The second-order valence-corrected chi connectivity index (χ2v) is 9.37. The number of nitrogens with two attached hydrogens (primary N) is 2. The predicted molar refractivity (Wildman–Crippen MR) is 101 cm³/mol. The molecule has 0 unspecified atom stereocenters. The van der Waals surface area contributed by atoms with Gasteiger partial charge in [-0.2, -0.15) is 0 Å². The van der Waals surface area contributed by atoms with Crippen molar-refractivity contribution in [2.24, 2.45) is 40.6 Å². The van der Waals surface area contributed by atoms with Crippen molar-refractivity contribution in [1.29, 1.82) is 0 Å². The van der Waals surface area contributed by atoms with E-state index in [4.69, 9.17) is 11.5 Å². The molecule has 0 aromatic carbocycles. The van der Waals surface area contributed by atoms with E-state index in [1.54, 1.807) is 0 Å². The molecule has 2 heteroatoms. The van der Waals surface area contributed by atoms with Crippen LogP contribution in [-0.4, -0.2) is 12.1 Å². The molecular weight excluding hydrogens is 268 g/mol. The third kappa shape index (κ3) is 6.58. The van der Waals surface area contributed by atoms with Crippen molar-refractivity contribution in [2.45, 2.75) is 93.0 Å². The summed E-state index contributed by atoms with van der Waals surface area (Å²) in [6.07, 6.45) is 5.64. The summed E-state index contributed by atoms with van der Waals surface area (Å²) in [4.78, 5) is 0. The molecule has 0 atom stereocenters. The summed E-state index contributed by atoms with van der Waals surface area (Å²) >= 11 is 0. The molecule has 0 amide bonds. The van der Waals surface area contributed by atoms with Crippen molar-refractivity contribution in [1.82, 2.24) is 0 Å². The first-order valence-electron chi connectivity index (χ1n) is 9.47. The average molecular weight is 313 g/mol. The maximum absolute atomic E-state index is 7.21. The van der Waals surface area contributed by atoms with Gasteiger partial charge in [0.25, 0.3) is 0 Å². The van der Waals surface area contributed by atoms with Crippen LogP contribution in [0.15, 0.2) is 0 Å². The molecular formula is C20H44N2. The molecule has 0 aliphatic carbocycles. The van der Waals surface area contributed by atoms with Crippen LogP contribution < -0.4 is 11.5 Å². The minimum Gasteiger partial charge on any atom is -0.330 e. The predicted octanol–water partition coefficient (Wildman–Crippen LogP) is 5.20. The van der Waals surface area contributed by atoms with E-state index in [0.29, 0.717) is 23.7 Å². The highest BCUT2D eigenvalue weighted by molar-refractivity contribution is 5.04. The second kappa shape index (κ2) is 9.27. The average Bonchev–Trinajstić information content (AvgIpc) is 2.24. The van der Waals surface area contributed by atoms with Gasteiger partial charge in [0.15, 0.2) is 0 Å². The molecule has 0 fully saturated rings. The number of hydrogen-bond acceptors (Lipinski definition) is 2. The first-order valence-corrected chi connectivity index (χ1v) is 9.47. The molecule has 0 aliphatic heterocycles. The lowest BCUT2D eigenvalue weighted by molar-refractivity contribution is 0.0240. The van der Waals surface area contributed by atoms with Crippen LogP contribution in [0.2, 0.25) is 0 Å². The first kappa shape index (κ1) is 21.9. The largest absolute Gasteiger partial charge is 0.330 e. The van der Waals surface area contributed by atoms with Crippen LogP contribution in [0.25, 0.3) is 0 Å². The topological polar surface area (TPSA) is 52.0 Å². The fourth-order valence-electron chi connectivity index (χ4n) is 4.76. The van der Waals surface area contributed by atoms with Gasteiger partial charge in [-0.15, -0.1) is 0 Å². The molecule has 0 saturated carbocycles. The lowest BCUT2D eigenvalue weighted by Crippen LogP contribution is -2.58. The molecule has 4 N–H and O–H groups in total. The summed E-state index contributed by atoms with van der Waals surface area (Å²) in [6.45, 7) is 19.3. The molecule has 134 valence electrons. The van der Waals surface area contributed by atoms with Crippen molar-refractivity contribution in [2.75, 3.05) is 6.54 Å². The van der Waals surface area contributed by atoms with Crippen molar-refractivity contribution < 1.29 is 0 Å². The molecule has 0 aromatic rings. The molecule has 22 heavy (non-hydrogen) atoms. The molecule has 0 aliphatic rings. The second-order valence-electron chi connectivity index (χ2n) is 9.37. The smallest absolute Gasteiger partial charge is 0.0216 e. The number of rotatable bonds is 11. The van der Waals surface area contributed by atoms with Gasteiger partial charge >= 0.3 is 0 Å². The van der Waals surface area contributed by atoms with Crippen LogP contribution in [0.4, 0.5) is 0 Å². The normalized spacial score (nSPS) is 13.9. The zero-order chi connectivity index (χ0) is 17.6. The van der Waals surface area contributed by atoms with Gasteiger partial charge in [-0.1, -0.05) is 55.4 Å². The zero-order valence-corrected chi connectivity index (χ0v) is 16.7. The van der Waals surface area contributed by atoms with Gasteiger partial charge < -0.3 is 11.5 Å². The lowest BCUT2D eigenvalue weighted by Gasteiger charge is -2.53. The van der Waals surface area contributed by atoms with Crippen molar-refractivity contribution in [3.8, 4) is 0 Å². The van der Waals surface area contributed by atoms with Crippen LogP contribution in [0.3, 0.4) is 0 Å². The van der Waals surface area contributed by atoms with Crippen molar-refractivity contribution >= 4 is 0 Å². The Hall–Kier alpha value is -0.0800. The summed E-state index contributed by atoms with van der Waals surface area (Å²) in [5, 5.41) is 0. The third-order valence-electron chi connectivity index (χ3n) is 4.82. The molecule has 0 heterocycles. The van der Waals surface area contributed by atoms with E-state index in [1.807, 2.05) is 0 Å². The Bertz CT molecular complexity index is 272. The molecule has 0 spiro atoms. The van der Waals surface area contributed by atoms with E-state index in [9.17, 15) is 0 Å². The molecule has 0 bridgehead atoms. The van der Waals surface area contributed by atoms with Crippen LogP contribution in [0, 0.1) is 29.1 Å². The van der Waals surface area contributed by atoms with Gasteiger partial charge in [0, 0.05) is 5.54 Å². The molecule has 0 radical (unpaired) electrons. The monoisotopic (exact) mass is 312 g/mol. The van der Waals surface area contributed by atoms with Crippen molar-refractivity contribution in [3.05, 3.63) is 0 Å². The van der Waals surface area contributed by atoms with E-state index in [0.717, 1.165) is 25.8 Å². The fourth-order valence-corrected chi connectivity index (χ4v) is 4.76. The first-order chi connectivity index (χ1) is 9.98. The Balaban J connectivity index is 5.85. The van der Waals surface area contributed by atoms with Gasteiger partial charge in [0.05, 0.1) is 0 Å². The summed E-state index contributed by atoms with van der Waals surface area (Å²) in [6, 6.07) is 0. The van der Waals surface area contributed by atoms with E-state index in [-0.39, 0.29) is 11.0 Å². The van der Waals surface area contributed by atoms with Gasteiger partial charge in [-0.05, 0) is 67.7 Å². The summed E-state index contributed by atoms with van der Waals surface area (Å²) in [5.41, 5.74) is 13.3. The van der Waals surface area contributed by atoms with Gasteiger partial charge in [0.1, 0.15) is 0 Å². The Morgan fingerprint density at radius 3 is 1.18 bits per heavy atom. The van der Waals surface area contributed by atoms with Crippen LogP contribution in [0.1, 0.15) is 87.5 Å². The van der Waals surface area contributed by atoms with Crippen LogP contribution >= 0.6 is 0 Å². The number of hydrogen-bond donors (Lipinski definition) is 2. The molecule has 0 aromatic heterocycles. The summed E-state index contributed by atoms with van der Waals surface area (Å²) in [7, 11) is 0. The van der Waals surface area contributed by atoms with Gasteiger partial charge in [-0.3, -0.25) is 0 Å². The highest BCUT2D eigenvalue weighted by Crippen LogP contribution is 2.49. The molecule has 0 rings (SSSR count). The Morgan fingerprint density at radius 1 is 0.636 bits per heavy atom. The summed E-state index contributed by atoms with van der Waals surface area (Å²) < 4.78 is 0. The highest BCUT2D eigenvalue weighted by Gasteiger charge is 2.48. The molecule has 2 nitrogen and oxygen atoms in total. The third-order valence-corrected chi connectivity index (χ3v) is 4.82. The minimum atomic E-state index is -0.108. The van der Waals surface area contributed by atoms with Gasteiger partial charge in [0.2, 0.25) is 0 Å². The Kier molecular flexibility index (Phi) is 9.24. The Morgan fingerprint density at radius 2 is 0.955 bits per heavy atom. The van der Waals surface area contributed by atoms with E-state index in [1.165, 1.54) is 12.8 Å². The van der Waals surface area contributed by atoms with Crippen LogP contribution in [-0.2, 0) is 0 Å². The molecule has 0 saturated heterocycles. The van der Waals surface area contributed by atoms with Crippen LogP contribution in [0.5, 0.6) is 0 Å². The Labute approximate surface area is 140 Å². The van der Waals surface area contributed by atoms with Gasteiger partial charge in [-0.25, -0.2) is 0 Å². The van der Waals surface area contributed by atoms with Crippen molar-refractivity contribution in [3.63, 3.8) is 0 Å². The highest BCUT2D eigenvalue weighted by atomic mass is 14.8. The SMILES string of the molecule is CC(C)CC(N)(CC(C)C)C(CCN)(CC(C)C)CC(C)C. The van der Waals surface area contributed by atoms with E-state index in [2.05, 4.69) is 55.4 Å². The maximum Gasteiger partial charge on any atom is 0.0216 e. The fraction of sp³-hybridized carbons (Fsp3) is 1.00. The standard InChI is InChI=1S/C20H44N2/c1-15(2)11-19(9-10-21,12-16(3)4)20(22,13-17(5)6)14-18(7)8/h15-18H,9-14,21-22H2,1-8H3. The van der Waals surface area contributed by atoms with E-state index >= 15 is 0 Å². The maximum atomic E-state index is 7.21. The zero-order valence-electron chi connectivity index (χ0n) is 16.7. The van der Waals surface area contributed by atoms with E-state index < -0.39 is 0 Å². The lowest BCUT2D eigenvalue weighted by atomic mass is 9.56. The quantitative estimate of drug-likeness (QED) is 0.550.